The molecular weight excluding hydrogens is 339 g/mol. The maximum absolute atomic E-state index is 11.7. The summed E-state index contributed by atoms with van der Waals surface area (Å²) in [6.45, 7) is 8.58. The van der Waals surface area contributed by atoms with Gasteiger partial charge in [0.2, 0.25) is 11.8 Å². The molecule has 0 aromatic heterocycles. The van der Waals surface area contributed by atoms with Gasteiger partial charge in [-0.05, 0) is 32.2 Å². The number of amides is 2. The number of nitrogens with one attached hydrogen (secondary N) is 2. The van der Waals surface area contributed by atoms with E-state index in [0.29, 0.717) is 12.6 Å². The molecule has 8 heteroatoms. The molecular formula is C15H32Cl2N4O2. The van der Waals surface area contributed by atoms with Crippen molar-refractivity contribution in [1.29, 1.82) is 0 Å². The second kappa shape index (κ2) is 12.8. The summed E-state index contributed by atoms with van der Waals surface area (Å²) in [5.74, 6) is -0.373. The monoisotopic (exact) mass is 370 g/mol. The van der Waals surface area contributed by atoms with Gasteiger partial charge in [-0.1, -0.05) is 20.3 Å². The molecule has 0 saturated carbocycles. The van der Waals surface area contributed by atoms with Gasteiger partial charge >= 0.3 is 0 Å². The predicted octanol–water partition coefficient (Wildman–Crippen LogP) is 0.920. The Morgan fingerprint density at radius 1 is 1.22 bits per heavy atom. The number of hydrogen-bond donors (Lipinski definition) is 3. The topological polar surface area (TPSA) is 87.5 Å². The van der Waals surface area contributed by atoms with Gasteiger partial charge in [-0.15, -0.1) is 24.8 Å². The molecule has 1 rings (SSSR count). The van der Waals surface area contributed by atoms with Crippen molar-refractivity contribution in [2.24, 2.45) is 11.7 Å². The second-order valence-corrected chi connectivity index (χ2v) is 6.22. The van der Waals surface area contributed by atoms with Crippen molar-refractivity contribution >= 4 is 36.6 Å². The molecule has 1 aliphatic rings. The third kappa shape index (κ3) is 9.35. The van der Waals surface area contributed by atoms with Crippen molar-refractivity contribution < 1.29 is 9.59 Å². The zero-order chi connectivity index (χ0) is 15.8. The lowest BCUT2D eigenvalue weighted by Gasteiger charge is -2.33. The van der Waals surface area contributed by atoms with Gasteiger partial charge in [-0.3, -0.25) is 14.5 Å². The van der Waals surface area contributed by atoms with E-state index in [1.165, 1.54) is 19.3 Å². The first-order chi connectivity index (χ1) is 9.91. The van der Waals surface area contributed by atoms with Gasteiger partial charge in [0, 0.05) is 19.1 Å². The summed E-state index contributed by atoms with van der Waals surface area (Å²) in [5.41, 5.74) is 5.71. The van der Waals surface area contributed by atoms with Gasteiger partial charge < -0.3 is 16.4 Å². The van der Waals surface area contributed by atoms with E-state index in [2.05, 4.69) is 22.5 Å². The van der Waals surface area contributed by atoms with Crippen molar-refractivity contribution in [3.05, 3.63) is 0 Å². The van der Waals surface area contributed by atoms with E-state index in [1.807, 2.05) is 13.8 Å². The maximum Gasteiger partial charge on any atom is 0.239 e. The Labute approximate surface area is 152 Å². The van der Waals surface area contributed by atoms with E-state index < -0.39 is 6.04 Å². The summed E-state index contributed by atoms with van der Waals surface area (Å²) in [7, 11) is 0. The number of rotatable bonds is 7. The van der Waals surface area contributed by atoms with Crippen molar-refractivity contribution in [1.82, 2.24) is 15.5 Å². The molecule has 0 aromatic carbocycles. The minimum Gasteiger partial charge on any atom is -0.353 e. The quantitative estimate of drug-likeness (QED) is 0.621. The molecule has 4 N–H and O–H groups in total. The second-order valence-electron chi connectivity index (χ2n) is 6.22. The van der Waals surface area contributed by atoms with Crippen molar-refractivity contribution in [2.45, 2.75) is 52.1 Å². The molecule has 0 bridgehead atoms. The molecule has 1 saturated heterocycles. The van der Waals surface area contributed by atoms with Gasteiger partial charge in [0.25, 0.3) is 0 Å². The highest BCUT2D eigenvalue weighted by Crippen LogP contribution is 2.15. The Bertz CT molecular complexity index is 356. The third-order valence-electron chi connectivity index (χ3n) is 4.11. The minimum atomic E-state index is -0.563. The van der Waals surface area contributed by atoms with Crippen molar-refractivity contribution in [3.8, 4) is 0 Å². The lowest BCUT2D eigenvalue weighted by atomic mass is 10.0. The molecule has 0 aliphatic carbocycles. The molecule has 6 nitrogen and oxygen atoms in total. The van der Waals surface area contributed by atoms with Crippen LogP contribution in [0.25, 0.3) is 0 Å². The van der Waals surface area contributed by atoms with Crippen LogP contribution in [-0.2, 0) is 9.59 Å². The van der Waals surface area contributed by atoms with Gasteiger partial charge in [0.1, 0.15) is 0 Å². The van der Waals surface area contributed by atoms with Crippen molar-refractivity contribution in [3.63, 3.8) is 0 Å². The molecule has 1 aliphatic heterocycles. The molecule has 138 valence electrons. The number of hydrogen-bond acceptors (Lipinski definition) is 4. The Kier molecular flexibility index (Phi) is 13.8. The Morgan fingerprint density at radius 2 is 1.87 bits per heavy atom. The lowest BCUT2D eigenvalue weighted by Crippen LogP contribution is -2.48. The molecule has 2 atom stereocenters. The van der Waals surface area contributed by atoms with Crippen LogP contribution in [0.1, 0.15) is 40.0 Å². The summed E-state index contributed by atoms with van der Waals surface area (Å²) in [6, 6.07) is 0.0337. The van der Waals surface area contributed by atoms with Crippen LogP contribution in [0.3, 0.4) is 0 Å². The Morgan fingerprint density at radius 3 is 2.43 bits per heavy atom. The smallest absolute Gasteiger partial charge is 0.239 e. The maximum atomic E-state index is 11.7. The number of nitrogens with zero attached hydrogens (tertiary/aromatic N) is 1. The predicted molar refractivity (Wildman–Crippen MR) is 98.2 cm³/mol. The number of carbonyl (C=O) groups is 2. The van der Waals surface area contributed by atoms with E-state index in [-0.39, 0.29) is 49.1 Å². The largest absolute Gasteiger partial charge is 0.353 e. The summed E-state index contributed by atoms with van der Waals surface area (Å²) >= 11 is 0. The molecule has 0 radical (unpaired) electrons. The normalized spacial score (nSPS) is 19.3. The summed E-state index contributed by atoms with van der Waals surface area (Å²) in [6.07, 6.45) is 3.77. The van der Waals surface area contributed by atoms with Crippen LogP contribution in [0.2, 0.25) is 0 Å². The van der Waals surface area contributed by atoms with Gasteiger partial charge in [0.05, 0.1) is 12.6 Å². The zero-order valence-electron chi connectivity index (χ0n) is 14.3. The highest BCUT2D eigenvalue weighted by Gasteiger charge is 2.19. The minimum absolute atomic E-state index is 0. The fourth-order valence-corrected chi connectivity index (χ4v) is 2.48. The first-order valence-electron chi connectivity index (χ1n) is 7.96. The first-order valence-corrected chi connectivity index (χ1v) is 7.96. The molecule has 23 heavy (non-hydrogen) atoms. The van der Waals surface area contributed by atoms with Crippen molar-refractivity contribution in [2.75, 3.05) is 26.2 Å². The van der Waals surface area contributed by atoms with E-state index in [9.17, 15) is 9.59 Å². The third-order valence-corrected chi connectivity index (χ3v) is 4.11. The average molecular weight is 371 g/mol. The highest BCUT2D eigenvalue weighted by atomic mass is 35.5. The highest BCUT2D eigenvalue weighted by molar-refractivity contribution is 5.87. The molecule has 2 amide bonds. The number of likely N-dealkylation sites (tertiary alicyclic amines) is 1. The van der Waals surface area contributed by atoms with Crippen LogP contribution in [-0.4, -0.2) is 55.0 Å². The number of halogens is 2. The summed E-state index contributed by atoms with van der Waals surface area (Å²) in [4.78, 5) is 25.7. The van der Waals surface area contributed by atoms with Crippen LogP contribution in [0.4, 0.5) is 0 Å². The molecule has 0 spiro atoms. The molecule has 1 unspecified atom stereocenters. The van der Waals surface area contributed by atoms with Crippen LogP contribution in [0, 0.1) is 5.92 Å². The van der Waals surface area contributed by atoms with Crippen LogP contribution in [0.5, 0.6) is 0 Å². The zero-order valence-corrected chi connectivity index (χ0v) is 16.0. The van der Waals surface area contributed by atoms with E-state index >= 15 is 0 Å². The van der Waals surface area contributed by atoms with Crippen LogP contribution in [0.15, 0.2) is 0 Å². The number of carbonyl (C=O) groups excluding carboxylic acids is 2. The number of nitrogens with two attached hydrogens (primary N) is 1. The van der Waals surface area contributed by atoms with Crippen LogP contribution >= 0.6 is 24.8 Å². The van der Waals surface area contributed by atoms with E-state index in [1.54, 1.807) is 0 Å². The first kappa shape index (κ1) is 24.7. The van der Waals surface area contributed by atoms with E-state index in [4.69, 9.17) is 5.73 Å². The summed E-state index contributed by atoms with van der Waals surface area (Å²) < 4.78 is 0. The molecule has 0 aromatic rings. The van der Waals surface area contributed by atoms with Gasteiger partial charge in [0.15, 0.2) is 0 Å². The number of piperidine rings is 1. The average Bonchev–Trinajstić information content (AvgIpc) is 2.45. The Hall–Kier alpha value is -0.560. The fourth-order valence-electron chi connectivity index (χ4n) is 2.48. The van der Waals surface area contributed by atoms with Crippen LogP contribution < -0.4 is 16.4 Å². The fraction of sp³-hybridized carbons (Fsp3) is 0.867. The molecule has 1 fully saturated rings. The molecule has 1 heterocycles. The van der Waals surface area contributed by atoms with E-state index in [0.717, 1.165) is 13.1 Å². The van der Waals surface area contributed by atoms with Gasteiger partial charge in [-0.25, -0.2) is 0 Å². The SMILES string of the molecule is CC(C)[C@H](N)C(=O)NCC(=O)NCCN1CCCCC1C.Cl.Cl. The lowest BCUT2D eigenvalue weighted by molar-refractivity contribution is -0.127. The summed E-state index contributed by atoms with van der Waals surface area (Å²) in [5, 5.41) is 5.41. The Balaban J connectivity index is 0. The van der Waals surface area contributed by atoms with Gasteiger partial charge in [-0.2, -0.15) is 0 Å². The standard InChI is InChI=1S/C15H30N4O2.2ClH/c1-11(2)14(16)15(21)18-10-13(20)17-7-9-19-8-5-4-6-12(19)3;;/h11-12,14H,4-10,16H2,1-3H3,(H,17,20)(H,18,21);2*1H/t12?,14-;;/m0../s1.